The summed E-state index contributed by atoms with van der Waals surface area (Å²) in [6.45, 7) is 5.85. The first-order valence-corrected chi connectivity index (χ1v) is 6.97. The highest BCUT2D eigenvalue weighted by Gasteiger charge is 2.29. The number of nitrogens with zero attached hydrogens (tertiary/aromatic N) is 2. The van der Waals surface area contributed by atoms with E-state index in [1.54, 1.807) is 0 Å². The summed E-state index contributed by atoms with van der Waals surface area (Å²) in [7, 11) is 4.07. The van der Waals surface area contributed by atoms with Crippen molar-refractivity contribution >= 4 is 5.91 Å². The Labute approximate surface area is 121 Å². The van der Waals surface area contributed by atoms with Gasteiger partial charge in [-0.3, -0.25) is 15.1 Å². The van der Waals surface area contributed by atoms with E-state index >= 15 is 0 Å². The molecule has 0 saturated carbocycles. The standard InChI is InChI=1S/C15H26N4O/c1-5-19(12(2)11-18(3)4)14(15(20)17-16)13-9-7-6-8-10-13/h6-10,12,14H,5,11,16H2,1-4H3,(H,17,20). The predicted octanol–water partition coefficient (Wildman–Crippen LogP) is 0.990. The molecule has 112 valence electrons. The number of nitrogens with two attached hydrogens (primary N) is 1. The average Bonchev–Trinajstić information content (AvgIpc) is 2.43. The van der Waals surface area contributed by atoms with E-state index < -0.39 is 0 Å². The third-order valence-corrected chi connectivity index (χ3v) is 3.40. The fourth-order valence-corrected chi connectivity index (χ4v) is 2.59. The quantitative estimate of drug-likeness (QED) is 0.443. The molecule has 1 rings (SSSR count). The number of hydrazine groups is 1. The van der Waals surface area contributed by atoms with E-state index in [4.69, 9.17) is 5.84 Å². The summed E-state index contributed by atoms with van der Waals surface area (Å²) in [5, 5.41) is 0. The zero-order valence-electron chi connectivity index (χ0n) is 12.8. The minimum absolute atomic E-state index is 0.177. The number of carbonyl (C=O) groups excluding carboxylic acids is 1. The molecular weight excluding hydrogens is 252 g/mol. The average molecular weight is 278 g/mol. The van der Waals surface area contributed by atoms with Crippen molar-refractivity contribution in [2.75, 3.05) is 27.2 Å². The van der Waals surface area contributed by atoms with Crippen LogP contribution in [0.3, 0.4) is 0 Å². The monoisotopic (exact) mass is 278 g/mol. The minimum Gasteiger partial charge on any atom is -0.308 e. The summed E-state index contributed by atoms with van der Waals surface area (Å²) < 4.78 is 0. The van der Waals surface area contributed by atoms with Gasteiger partial charge in [0.1, 0.15) is 6.04 Å². The summed E-state index contributed by atoms with van der Waals surface area (Å²) in [6, 6.07) is 9.64. The second-order valence-corrected chi connectivity index (χ2v) is 5.26. The second-order valence-electron chi connectivity index (χ2n) is 5.26. The maximum Gasteiger partial charge on any atom is 0.255 e. The van der Waals surface area contributed by atoms with E-state index in [1.165, 1.54) is 0 Å². The molecule has 0 spiro atoms. The predicted molar refractivity (Wildman–Crippen MR) is 81.9 cm³/mol. The fourth-order valence-electron chi connectivity index (χ4n) is 2.59. The van der Waals surface area contributed by atoms with Gasteiger partial charge in [-0.2, -0.15) is 0 Å². The topological polar surface area (TPSA) is 61.6 Å². The van der Waals surface area contributed by atoms with Crippen LogP contribution < -0.4 is 11.3 Å². The van der Waals surface area contributed by atoms with Crippen LogP contribution in [0.25, 0.3) is 0 Å². The van der Waals surface area contributed by atoms with Crippen molar-refractivity contribution in [2.45, 2.75) is 25.9 Å². The molecule has 0 aromatic heterocycles. The molecule has 0 bridgehead atoms. The summed E-state index contributed by atoms with van der Waals surface area (Å²) in [6.07, 6.45) is 0. The van der Waals surface area contributed by atoms with E-state index in [9.17, 15) is 4.79 Å². The number of carbonyl (C=O) groups is 1. The van der Waals surface area contributed by atoms with Crippen molar-refractivity contribution in [3.8, 4) is 0 Å². The molecule has 0 radical (unpaired) electrons. The van der Waals surface area contributed by atoms with Crippen LogP contribution in [0.4, 0.5) is 0 Å². The Morgan fingerprint density at radius 1 is 1.30 bits per heavy atom. The van der Waals surface area contributed by atoms with E-state index in [-0.39, 0.29) is 18.0 Å². The lowest BCUT2D eigenvalue weighted by atomic mass is 10.0. The van der Waals surface area contributed by atoms with Gasteiger partial charge in [0.2, 0.25) is 0 Å². The molecule has 0 aliphatic carbocycles. The number of hydrogen-bond acceptors (Lipinski definition) is 4. The van der Waals surface area contributed by atoms with Crippen LogP contribution in [0.2, 0.25) is 0 Å². The van der Waals surface area contributed by atoms with Gasteiger partial charge >= 0.3 is 0 Å². The summed E-state index contributed by atoms with van der Waals surface area (Å²) in [5.74, 6) is 5.19. The molecule has 0 heterocycles. The maximum absolute atomic E-state index is 12.2. The Morgan fingerprint density at radius 2 is 1.90 bits per heavy atom. The van der Waals surface area contributed by atoms with Crippen LogP contribution in [0, 0.1) is 0 Å². The number of benzene rings is 1. The van der Waals surface area contributed by atoms with Crippen molar-refractivity contribution in [3.05, 3.63) is 35.9 Å². The zero-order chi connectivity index (χ0) is 15.1. The van der Waals surface area contributed by atoms with E-state index in [0.717, 1.165) is 18.7 Å². The lowest BCUT2D eigenvalue weighted by Crippen LogP contribution is -2.49. The molecule has 0 aliphatic rings. The minimum atomic E-state index is -0.360. The highest BCUT2D eigenvalue weighted by atomic mass is 16.2. The number of rotatable bonds is 7. The van der Waals surface area contributed by atoms with E-state index in [0.29, 0.717) is 0 Å². The molecule has 5 heteroatoms. The summed E-state index contributed by atoms with van der Waals surface area (Å²) in [5.41, 5.74) is 3.25. The molecule has 2 unspecified atom stereocenters. The number of nitrogens with one attached hydrogen (secondary N) is 1. The Kier molecular flexibility index (Phi) is 6.64. The molecule has 20 heavy (non-hydrogen) atoms. The van der Waals surface area contributed by atoms with Gasteiger partial charge < -0.3 is 4.90 Å². The third kappa shape index (κ3) is 4.30. The van der Waals surface area contributed by atoms with Crippen LogP contribution in [0.15, 0.2) is 30.3 Å². The van der Waals surface area contributed by atoms with Gasteiger partial charge in [-0.05, 0) is 33.1 Å². The Morgan fingerprint density at radius 3 is 2.35 bits per heavy atom. The molecule has 0 saturated heterocycles. The highest BCUT2D eigenvalue weighted by molar-refractivity contribution is 5.82. The lowest BCUT2D eigenvalue weighted by Gasteiger charge is -2.36. The van der Waals surface area contributed by atoms with Crippen LogP contribution in [0.1, 0.15) is 25.5 Å². The van der Waals surface area contributed by atoms with Crippen LogP contribution >= 0.6 is 0 Å². The third-order valence-electron chi connectivity index (χ3n) is 3.40. The smallest absolute Gasteiger partial charge is 0.255 e. The van der Waals surface area contributed by atoms with Crippen molar-refractivity contribution in [1.82, 2.24) is 15.2 Å². The van der Waals surface area contributed by atoms with Crippen LogP contribution in [-0.4, -0.2) is 48.9 Å². The van der Waals surface area contributed by atoms with E-state index in [2.05, 4.69) is 29.1 Å². The lowest BCUT2D eigenvalue weighted by molar-refractivity contribution is -0.127. The van der Waals surface area contributed by atoms with Gasteiger partial charge in [0.25, 0.3) is 5.91 Å². The number of amides is 1. The molecule has 1 aromatic rings. The van der Waals surface area contributed by atoms with Crippen LogP contribution in [0.5, 0.6) is 0 Å². The van der Waals surface area contributed by atoms with Crippen molar-refractivity contribution in [3.63, 3.8) is 0 Å². The fraction of sp³-hybridized carbons (Fsp3) is 0.533. The molecule has 5 nitrogen and oxygen atoms in total. The van der Waals surface area contributed by atoms with E-state index in [1.807, 2.05) is 44.4 Å². The first-order valence-electron chi connectivity index (χ1n) is 6.97. The first-order chi connectivity index (χ1) is 9.51. The first kappa shape index (κ1) is 16.6. The second kappa shape index (κ2) is 7.99. The molecular formula is C15H26N4O. The molecule has 1 aromatic carbocycles. The van der Waals surface area contributed by atoms with Gasteiger partial charge in [0.05, 0.1) is 0 Å². The SMILES string of the molecule is CCN(C(C)CN(C)C)C(C(=O)NN)c1ccccc1. The van der Waals surface area contributed by atoms with Crippen molar-refractivity contribution in [2.24, 2.45) is 5.84 Å². The molecule has 1 amide bonds. The largest absolute Gasteiger partial charge is 0.308 e. The van der Waals surface area contributed by atoms with Gasteiger partial charge in [-0.15, -0.1) is 0 Å². The van der Waals surface area contributed by atoms with Crippen molar-refractivity contribution in [1.29, 1.82) is 0 Å². The Hall–Kier alpha value is -1.43. The van der Waals surface area contributed by atoms with Crippen LogP contribution in [-0.2, 0) is 4.79 Å². The molecule has 3 N–H and O–H groups in total. The zero-order valence-corrected chi connectivity index (χ0v) is 12.8. The summed E-state index contributed by atoms with van der Waals surface area (Å²) >= 11 is 0. The number of likely N-dealkylation sites (N-methyl/N-ethyl adjacent to an activating group) is 2. The molecule has 0 aliphatic heterocycles. The Bertz CT molecular complexity index is 408. The van der Waals surface area contributed by atoms with Gasteiger partial charge in [0.15, 0.2) is 0 Å². The molecule has 2 atom stereocenters. The number of hydrogen-bond donors (Lipinski definition) is 2. The van der Waals surface area contributed by atoms with Gasteiger partial charge in [-0.1, -0.05) is 37.3 Å². The van der Waals surface area contributed by atoms with Gasteiger partial charge in [0, 0.05) is 12.6 Å². The maximum atomic E-state index is 12.2. The van der Waals surface area contributed by atoms with Crippen molar-refractivity contribution < 1.29 is 4.79 Å². The molecule has 0 fully saturated rings. The van der Waals surface area contributed by atoms with Gasteiger partial charge in [-0.25, -0.2) is 5.84 Å². The summed E-state index contributed by atoms with van der Waals surface area (Å²) in [4.78, 5) is 16.5. The normalized spacial score (nSPS) is 14.3. The highest BCUT2D eigenvalue weighted by Crippen LogP contribution is 2.23. The Balaban J connectivity index is 3.05.